The lowest BCUT2D eigenvalue weighted by molar-refractivity contribution is -0.0176. The topological polar surface area (TPSA) is 102 Å². The largest absolute Gasteiger partial charge is 0.508 e. The van der Waals surface area contributed by atoms with Crippen molar-refractivity contribution in [2.24, 2.45) is 0 Å². The smallest absolute Gasteiger partial charge is 0.434 e. The van der Waals surface area contributed by atoms with Crippen LogP contribution >= 0.6 is 7.82 Å². The summed E-state index contributed by atoms with van der Waals surface area (Å²) in [5.74, 6) is 0. The Kier molecular flexibility index (Phi) is 5.39. The summed E-state index contributed by atoms with van der Waals surface area (Å²) in [5.41, 5.74) is 0. The first kappa shape index (κ1) is 14.4. The van der Waals surface area contributed by atoms with Crippen LogP contribution in [0.1, 0.15) is 32.6 Å². The molecule has 1 aliphatic carbocycles. The molecule has 2 N–H and O–H groups in total. The monoisotopic (exact) mass is 268 g/mol. The molecule has 17 heavy (non-hydrogen) atoms. The lowest BCUT2D eigenvalue weighted by Crippen LogP contribution is -2.28. The molecule has 7 nitrogen and oxygen atoms in total. The van der Waals surface area contributed by atoms with Gasteiger partial charge in [-0.05, 0) is 25.7 Å². The van der Waals surface area contributed by atoms with Crippen LogP contribution in [0.3, 0.4) is 0 Å². The van der Waals surface area contributed by atoms with Gasteiger partial charge in [-0.2, -0.15) is 0 Å². The molecule has 0 amide bonds. The molecule has 0 spiro atoms. The lowest BCUT2D eigenvalue weighted by atomic mass is 10.3. The van der Waals surface area contributed by atoms with Gasteiger partial charge in [-0.25, -0.2) is 9.36 Å². The third-order valence-corrected chi connectivity index (χ3v) is 2.88. The Labute approximate surface area is 99.3 Å². The number of rotatable bonds is 5. The molecule has 1 saturated carbocycles. The molecule has 2 unspecified atom stereocenters. The summed E-state index contributed by atoms with van der Waals surface area (Å²) in [6.07, 6.45) is 0.122. The molecule has 1 aliphatic rings. The summed E-state index contributed by atoms with van der Waals surface area (Å²) in [5, 5.41) is 0. The highest BCUT2D eigenvalue weighted by atomic mass is 31.2. The second-order valence-corrected chi connectivity index (χ2v) is 5.01. The van der Waals surface area contributed by atoms with E-state index in [4.69, 9.17) is 19.3 Å². The Balaban J connectivity index is 2.41. The predicted octanol–water partition coefficient (Wildman–Crippen LogP) is 1.58. The van der Waals surface area contributed by atoms with Crippen LogP contribution in [0.4, 0.5) is 4.79 Å². The van der Waals surface area contributed by atoms with E-state index in [0.29, 0.717) is 25.7 Å². The maximum absolute atomic E-state index is 11.2. The van der Waals surface area contributed by atoms with Gasteiger partial charge >= 0.3 is 14.0 Å². The molecule has 1 rings (SSSR count). The average molecular weight is 268 g/mol. The van der Waals surface area contributed by atoms with Gasteiger partial charge in [0.2, 0.25) is 0 Å². The van der Waals surface area contributed by atoms with Gasteiger partial charge in [-0.15, -0.1) is 0 Å². The molecule has 1 fully saturated rings. The van der Waals surface area contributed by atoms with Gasteiger partial charge < -0.3 is 19.3 Å². The van der Waals surface area contributed by atoms with E-state index in [1.807, 2.05) is 6.92 Å². The molecule has 0 saturated heterocycles. The zero-order valence-corrected chi connectivity index (χ0v) is 10.5. The van der Waals surface area contributed by atoms with Crippen LogP contribution in [0.2, 0.25) is 0 Å². The first-order valence-electron chi connectivity index (χ1n) is 5.49. The lowest BCUT2D eigenvalue weighted by Gasteiger charge is -2.20. The van der Waals surface area contributed by atoms with E-state index in [1.165, 1.54) is 0 Å². The fourth-order valence-electron chi connectivity index (χ4n) is 1.67. The molecule has 0 aliphatic heterocycles. The second-order valence-electron chi connectivity index (χ2n) is 3.82. The van der Waals surface area contributed by atoms with Gasteiger partial charge in [-0.1, -0.05) is 6.92 Å². The fourth-order valence-corrected chi connectivity index (χ4v) is 2.26. The fraction of sp³-hybridized carbons (Fsp3) is 0.889. The number of phosphoric acid groups is 1. The van der Waals surface area contributed by atoms with Crippen molar-refractivity contribution in [2.75, 3.05) is 6.61 Å². The molecule has 0 aromatic carbocycles. The second kappa shape index (κ2) is 6.35. The molecule has 100 valence electrons. The van der Waals surface area contributed by atoms with Crippen LogP contribution in [0, 0.1) is 0 Å². The van der Waals surface area contributed by atoms with Crippen LogP contribution < -0.4 is 0 Å². The molecule has 0 bridgehead atoms. The molecule has 2 atom stereocenters. The summed E-state index contributed by atoms with van der Waals surface area (Å²) in [4.78, 5) is 28.6. The standard InChI is InChI=1S/C9H17O7P/c1-2-6-14-9(10)15-7-4-3-5-8(7)16-17(11,12)13/h7-8H,2-6H2,1H3,(H2,11,12,13). The van der Waals surface area contributed by atoms with Gasteiger partial charge in [0.1, 0.15) is 12.2 Å². The van der Waals surface area contributed by atoms with Crippen LogP contribution in [0.15, 0.2) is 0 Å². The molecule has 0 aromatic heterocycles. The van der Waals surface area contributed by atoms with E-state index in [1.54, 1.807) is 0 Å². The van der Waals surface area contributed by atoms with Gasteiger partial charge in [0, 0.05) is 0 Å². The highest BCUT2D eigenvalue weighted by molar-refractivity contribution is 7.46. The van der Waals surface area contributed by atoms with E-state index in [0.717, 1.165) is 0 Å². The molecule has 0 radical (unpaired) electrons. The predicted molar refractivity (Wildman–Crippen MR) is 57.3 cm³/mol. The Morgan fingerprint density at radius 3 is 2.59 bits per heavy atom. The summed E-state index contributed by atoms with van der Waals surface area (Å²) in [6, 6.07) is 0. The van der Waals surface area contributed by atoms with E-state index >= 15 is 0 Å². The van der Waals surface area contributed by atoms with E-state index in [2.05, 4.69) is 4.52 Å². The van der Waals surface area contributed by atoms with Crippen LogP contribution in [0.5, 0.6) is 0 Å². The Morgan fingerprint density at radius 1 is 1.35 bits per heavy atom. The number of carbonyl (C=O) groups excluding carboxylic acids is 1. The van der Waals surface area contributed by atoms with Crippen molar-refractivity contribution >= 4 is 14.0 Å². The summed E-state index contributed by atoms with van der Waals surface area (Å²) in [7, 11) is -4.55. The van der Waals surface area contributed by atoms with Gasteiger partial charge in [0.25, 0.3) is 0 Å². The van der Waals surface area contributed by atoms with Crippen molar-refractivity contribution in [3.05, 3.63) is 0 Å². The Morgan fingerprint density at radius 2 is 2.00 bits per heavy atom. The van der Waals surface area contributed by atoms with E-state index in [-0.39, 0.29) is 6.61 Å². The zero-order chi connectivity index (χ0) is 12.9. The first-order valence-corrected chi connectivity index (χ1v) is 7.02. The van der Waals surface area contributed by atoms with E-state index in [9.17, 15) is 9.36 Å². The number of hydrogen-bond donors (Lipinski definition) is 2. The van der Waals surface area contributed by atoms with E-state index < -0.39 is 26.2 Å². The van der Waals surface area contributed by atoms with Crippen molar-refractivity contribution in [2.45, 2.75) is 44.8 Å². The molecule has 0 heterocycles. The van der Waals surface area contributed by atoms with Crippen molar-refractivity contribution in [1.82, 2.24) is 0 Å². The number of carbonyl (C=O) groups is 1. The normalized spacial score (nSPS) is 24.6. The quantitative estimate of drug-likeness (QED) is 0.576. The van der Waals surface area contributed by atoms with Crippen molar-refractivity contribution in [1.29, 1.82) is 0 Å². The maximum atomic E-state index is 11.2. The molecule has 8 heteroatoms. The van der Waals surface area contributed by atoms with Gasteiger partial charge in [0.05, 0.1) is 6.61 Å². The van der Waals surface area contributed by atoms with Crippen molar-refractivity contribution in [3.63, 3.8) is 0 Å². The summed E-state index contributed by atoms with van der Waals surface area (Å²) in [6.45, 7) is 2.11. The average Bonchev–Trinajstić information content (AvgIpc) is 2.60. The maximum Gasteiger partial charge on any atom is 0.508 e. The minimum absolute atomic E-state index is 0.259. The summed E-state index contributed by atoms with van der Waals surface area (Å²) < 4.78 is 24.9. The molecule has 0 aromatic rings. The van der Waals surface area contributed by atoms with Crippen LogP contribution in [-0.4, -0.2) is 34.8 Å². The third-order valence-electron chi connectivity index (χ3n) is 2.34. The number of ether oxygens (including phenoxy) is 2. The Hall–Kier alpha value is -0.620. The minimum Gasteiger partial charge on any atom is -0.434 e. The van der Waals surface area contributed by atoms with Gasteiger partial charge in [-0.3, -0.25) is 4.52 Å². The molecular weight excluding hydrogens is 251 g/mol. The highest BCUT2D eigenvalue weighted by Gasteiger charge is 2.36. The zero-order valence-electron chi connectivity index (χ0n) is 9.57. The molecular formula is C9H17O7P. The van der Waals surface area contributed by atoms with Gasteiger partial charge in [0.15, 0.2) is 0 Å². The van der Waals surface area contributed by atoms with Crippen LogP contribution in [0.25, 0.3) is 0 Å². The minimum atomic E-state index is -4.55. The number of phosphoric ester groups is 1. The third kappa shape index (κ3) is 5.50. The first-order chi connectivity index (χ1) is 7.92. The Bertz CT molecular complexity index is 300. The summed E-state index contributed by atoms with van der Waals surface area (Å²) >= 11 is 0. The van der Waals surface area contributed by atoms with Crippen molar-refractivity contribution in [3.8, 4) is 0 Å². The van der Waals surface area contributed by atoms with Crippen molar-refractivity contribution < 1.29 is 33.1 Å². The highest BCUT2D eigenvalue weighted by Crippen LogP contribution is 2.42. The number of hydrogen-bond acceptors (Lipinski definition) is 5. The SMILES string of the molecule is CCCOC(=O)OC1CCCC1OP(=O)(O)O. The van der Waals surface area contributed by atoms with Crippen LogP contribution in [-0.2, 0) is 18.6 Å².